The molecule has 0 saturated heterocycles. The molecule has 0 fully saturated rings. The Labute approximate surface area is 130 Å². The zero-order chi connectivity index (χ0) is 15.2. The molecule has 0 aliphatic heterocycles. The predicted octanol–water partition coefficient (Wildman–Crippen LogP) is 3.92. The average Bonchev–Trinajstić information content (AvgIpc) is 2.95. The van der Waals surface area contributed by atoms with Crippen LogP contribution in [0.4, 0.5) is 10.8 Å². The van der Waals surface area contributed by atoms with Gasteiger partial charge in [0.1, 0.15) is 5.75 Å². The zero-order valence-electron chi connectivity index (χ0n) is 13.1. The fraction of sp³-hybridized carbons (Fsp3) is 0.438. The second-order valence-corrected chi connectivity index (χ2v) is 5.93. The van der Waals surface area contributed by atoms with Crippen molar-refractivity contribution in [1.29, 1.82) is 0 Å². The van der Waals surface area contributed by atoms with Crippen LogP contribution in [0.15, 0.2) is 24.4 Å². The highest BCUT2D eigenvalue weighted by atomic mass is 32.1. The van der Waals surface area contributed by atoms with Gasteiger partial charge in [-0.25, -0.2) is 4.98 Å². The first-order valence-electron chi connectivity index (χ1n) is 7.26. The lowest BCUT2D eigenvalue weighted by atomic mass is 10.2. The Hall–Kier alpha value is -1.75. The van der Waals surface area contributed by atoms with Crippen LogP contribution in [-0.4, -0.2) is 25.2 Å². The molecule has 0 radical (unpaired) electrons. The van der Waals surface area contributed by atoms with Gasteiger partial charge in [0.2, 0.25) is 0 Å². The predicted molar refractivity (Wildman–Crippen MR) is 90.7 cm³/mol. The first-order chi connectivity index (χ1) is 10.2. The summed E-state index contributed by atoms with van der Waals surface area (Å²) >= 11 is 1.74. The molecule has 4 nitrogen and oxygen atoms in total. The molecule has 0 amide bonds. The van der Waals surface area contributed by atoms with Gasteiger partial charge in [0, 0.05) is 24.2 Å². The largest absolute Gasteiger partial charge is 0.495 e. The third kappa shape index (κ3) is 3.88. The van der Waals surface area contributed by atoms with E-state index >= 15 is 0 Å². The SMILES string of the molecule is CCN(CC)c1ncc(CNc2cc(C)ccc2OC)s1. The van der Waals surface area contributed by atoms with Gasteiger partial charge >= 0.3 is 0 Å². The molecule has 0 atom stereocenters. The molecular formula is C16H23N3OS. The molecule has 21 heavy (non-hydrogen) atoms. The molecule has 0 aliphatic carbocycles. The fourth-order valence-electron chi connectivity index (χ4n) is 2.16. The lowest BCUT2D eigenvalue weighted by molar-refractivity contribution is 0.416. The van der Waals surface area contributed by atoms with Crippen molar-refractivity contribution in [3.8, 4) is 5.75 Å². The molecule has 1 heterocycles. The maximum Gasteiger partial charge on any atom is 0.185 e. The maximum atomic E-state index is 5.38. The standard InChI is InChI=1S/C16H23N3OS/c1-5-19(6-2)16-18-11-13(21-16)10-17-14-9-12(3)7-8-15(14)20-4/h7-9,11,17H,5-6,10H2,1-4H3. The number of rotatable bonds is 7. The van der Waals surface area contributed by atoms with E-state index in [9.17, 15) is 0 Å². The van der Waals surface area contributed by atoms with E-state index in [2.05, 4.69) is 48.1 Å². The molecule has 114 valence electrons. The molecule has 0 spiro atoms. The van der Waals surface area contributed by atoms with Crippen molar-refractivity contribution in [2.45, 2.75) is 27.3 Å². The summed E-state index contributed by atoms with van der Waals surface area (Å²) in [7, 11) is 1.70. The lowest BCUT2D eigenvalue weighted by Crippen LogP contribution is -2.21. The third-order valence-corrected chi connectivity index (χ3v) is 4.44. The summed E-state index contributed by atoms with van der Waals surface area (Å²) in [6.45, 7) is 9.13. The Morgan fingerprint density at radius 3 is 2.71 bits per heavy atom. The first-order valence-corrected chi connectivity index (χ1v) is 8.07. The number of thiazole rings is 1. The Kier molecular flexibility index (Phi) is 5.44. The van der Waals surface area contributed by atoms with Crippen molar-refractivity contribution in [3.63, 3.8) is 0 Å². The minimum absolute atomic E-state index is 0.763. The van der Waals surface area contributed by atoms with Crippen molar-refractivity contribution >= 4 is 22.2 Å². The number of aryl methyl sites for hydroxylation is 1. The fourth-order valence-corrected chi connectivity index (χ4v) is 3.14. The summed E-state index contributed by atoms with van der Waals surface area (Å²) in [6.07, 6.45) is 1.95. The van der Waals surface area contributed by atoms with Crippen LogP contribution >= 0.6 is 11.3 Å². The van der Waals surface area contributed by atoms with Crippen molar-refractivity contribution in [1.82, 2.24) is 4.98 Å². The number of hydrogen-bond donors (Lipinski definition) is 1. The van der Waals surface area contributed by atoms with Gasteiger partial charge in [-0.2, -0.15) is 0 Å². The number of hydrogen-bond acceptors (Lipinski definition) is 5. The van der Waals surface area contributed by atoms with Gasteiger partial charge in [0.25, 0.3) is 0 Å². The molecule has 1 aromatic heterocycles. The van der Waals surface area contributed by atoms with Crippen molar-refractivity contribution in [2.75, 3.05) is 30.4 Å². The van der Waals surface area contributed by atoms with E-state index in [4.69, 9.17) is 4.74 Å². The van der Waals surface area contributed by atoms with Gasteiger partial charge in [-0.1, -0.05) is 6.07 Å². The Morgan fingerprint density at radius 2 is 2.05 bits per heavy atom. The molecule has 0 unspecified atom stereocenters. The number of nitrogens with one attached hydrogen (secondary N) is 1. The topological polar surface area (TPSA) is 37.4 Å². The van der Waals surface area contributed by atoms with Crippen LogP contribution in [-0.2, 0) is 6.54 Å². The first kappa shape index (κ1) is 15.6. The summed E-state index contributed by atoms with van der Waals surface area (Å²) in [5, 5.41) is 4.53. The van der Waals surface area contributed by atoms with Crippen molar-refractivity contribution in [3.05, 3.63) is 34.8 Å². The number of benzene rings is 1. The van der Waals surface area contributed by atoms with E-state index in [1.54, 1.807) is 18.4 Å². The number of anilines is 2. The minimum atomic E-state index is 0.763. The van der Waals surface area contributed by atoms with Crippen LogP contribution in [0.5, 0.6) is 5.75 Å². The van der Waals surface area contributed by atoms with Crippen molar-refractivity contribution in [2.24, 2.45) is 0 Å². The number of aromatic nitrogens is 1. The normalized spacial score (nSPS) is 10.5. The van der Waals surface area contributed by atoms with Gasteiger partial charge in [-0.15, -0.1) is 11.3 Å². The van der Waals surface area contributed by atoms with E-state index < -0.39 is 0 Å². The van der Waals surface area contributed by atoms with Gasteiger partial charge in [0.05, 0.1) is 19.3 Å². The third-order valence-electron chi connectivity index (χ3n) is 3.38. The highest BCUT2D eigenvalue weighted by Gasteiger charge is 2.08. The van der Waals surface area contributed by atoms with Gasteiger partial charge in [-0.3, -0.25) is 0 Å². The second kappa shape index (κ2) is 7.31. The van der Waals surface area contributed by atoms with Gasteiger partial charge in [-0.05, 0) is 38.5 Å². The smallest absolute Gasteiger partial charge is 0.185 e. The summed E-state index contributed by atoms with van der Waals surface area (Å²) < 4.78 is 5.38. The maximum absolute atomic E-state index is 5.38. The van der Waals surface area contributed by atoms with Crippen LogP contribution in [0.2, 0.25) is 0 Å². The summed E-state index contributed by atoms with van der Waals surface area (Å²) in [6, 6.07) is 6.14. The molecule has 0 aliphatic rings. The molecule has 1 N–H and O–H groups in total. The van der Waals surface area contributed by atoms with Crippen LogP contribution in [0.25, 0.3) is 0 Å². The number of ether oxygens (including phenoxy) is 1. The van der Waals surface area contributed by atoms with E-state index in [1.807, 2.05) is 12.3 Å². The molecule has 5 heteroatoms. The quantitative estimate of drug-likeness (QED) is 0.841. The highest BCUT2D eigenvalue weighted by molar-refractivity contribution is 7.15. The number of nitrogens with zero attached hydrogens (tertiary/aromatic N) is 2. The Morgan fingerprint density at radius 1 is 1.29 bits per heavy atom. The summed E-state index contributed by atoms with van der Waals surface area (Å²) in [4.78, 5) is 7.99. The lowest BCUT2D eigenvalue weighted by Gasteiger charge is -2.16. The molecular weight excluding hydrogens is 282 g/mol. The van der Waals surface area contributed by atoms with E-state index in [0.717, 1.165) is 36.2 Å². The van der Waals surface area contributed by atoms with Crippen LogP contribution in [0, 0.1) is 6.92 Å². The highest BCUT2D eigenvalue weighted by Crippen LogP contribution is 2.27. The Balaban J connectivity index is 2.05. The van der Waals surface area contributed by atoms with Gasteiger partial charge < -0.3 is 15.0 Å². The monoisotopic (exact) mass is 305 g/mol. The van der Waals surface area contributed by atoms with E-state index in [0.29, 0.717) is 0 Å². The van der Waals surface area contributed by atoms with E-state index in [1.165, 1.54) is 10.4 Å². The zero-order valence-corrected chi connectivity index (χ0v) is 14.0. The van der Waals surface area contributed by atoms with Crippen LogP contribution in [0.1, 0.15) is 24.3 Å². The Bertz CT molecular complexity index is 579. The van der Waals surface area contributed by atoms with Crippen molar-refractivity contribution < 1.29 is 4.74 Å². The van der Waals surface area contributed by atoms with Gasteiger partial charge in [0.15, 0.2) is 5.13 Å². The molecule has 0 saturated carbocycles. The second-order valence-electron chi connectivity index (χ2n) is 4.84. The average molecular weight is 305 g/mol. The minimum Gasteiger partial charge on any atom is -0.495 e. The van der Waals surface area contributed by atoms with Crippen LogP contribution in [0.3, 0.4) is 0 Å². The number of methoxy groups -OCH3 is 1. The molecule has 0 bridgehead atoms. The summed E-state index contributed by atoms with van der Waals surface area (Å²) in [5.74, 6) is 0.870. The summed E-state index contributed by atoms with van der Waals surface area (Å²) in [5.41, 5.74) is 2.24. The molecule has 2 aromatic rings. The van der Waals surface area contributed by atoms with Crippen LogP contribution < -0.4 is 15.0 Å². The van der Waals surface area contributed by atoms with E-state index in [-0.39, 0.29) is 0 Å². The molecule has 2 rings (SSSR count). The molecule has 1 aromatic carbocycles.